The van der Waals surface area contributed by atoms with E-state index in [0.717, 1.165) is 17.1 Å². The van der Waals surface area contributed by atoms with Gasteiger partial charge in [0.15, 0.2) is 0 Å². The first kappa shape index (κ1) is 33.4. The number of aromatic nitrogens is 3. The smallest absolute Gasteiger partial charge is 0.138 e. The van der Waals surface area contributed by atoms with Gasteiger partial charge in [0.25, 0.3) is 0 Å². The zero-order chi connectivity index (χ0) is 37.5. The third-order valence-electron chi connectivity index (χ3n) is 13.5. The van der Waals surface area contributed by atoms with Crippen LogP contribution in [-0.4, -0.2) is 14.1 Å². The van der Waals surface area contributed by atoms with Crippen LogP contribution in [0.4, 0.5) is 0 Å². The lowest BCUT2D eigenvalue weighted by Gasteiger charge is -2.32. The number of fused-ring (bicyclic) bond motifs is 10. The number of para-hydroxylation sites is 3. The van der Waals surface area contributed by atoms with Crippen LogP contribution >= 0.6 is 11.3 Å². The molecule has 12 rings (SSSR count). The summed E-state index contributed by atoms with van der Waals surface area (Å²) in [6, 6.07) is 52.0. The SMILES string of the molecule is c1ccc(-n2c3ccccc3c3c2c(C2CCCCC2)c(C2CCCCC2)c2c4ccccc4n(-c4cccc(-c5ccc6sc7ccccc7c6c5)n4)c23)cc1. The average Bonchev–Trinajstić information content (AvgIpc) is 3.94. The van der Waals surface area contributed by atoms with E-state index in [4.69, 9.17) is 4.98 Å². The number of pyridine rings is 1. The predicted octanol–water partition coefficient (Wildman–Crippen LogP) is 15.4. The minimum absolute atomic E-state index is 0.538. The van der Waals surface area contributed by atoms with Gasteiger partial charge in [-0.05, 0) is 103 Å². The molecule has 278 valence electrons. The second-order valence-electron chi connectivity index (χ2n) is 16.7. The van der Waals surface area contributed by atoms with Crippen molar-refractivity contribution < 1.29 is 0 Å². The number of nitrogens with zero attached hydrogens (tertiary/aromatic N) is 3. The lowest BCUT2D eigenvalue weighted by atomic mass is 9.73. The molecule has 4 aromatic heterocycles. The zero-order valence-corrected chi connectivity index (χ0v) is 33.1. The fourth-order valence-corrected chi connectivity index (χ4v) is 12.1. The summed E-state index contributed by atoms with van der Waals surface area (Å²) in [5.41, 5.74) is 12.0. The standard InChI is InChI=1S/C53H45N3S/c1-4-17-34(18-5-1)48-49(35-19-6-2-7-20-35)52-51(40-25-11-13-27-43(40)55(52)37-21-8-3-9-22-37)53-50(48)39-24-10-14-28-44(39)56(53)47-30-16-26-42(54-47)36-31-32-46-41(33-36)38-23-12-15-29-45(38)57-46/h3,8-16,21-35H,1-2,4-7,17-20H2. The van der Waals surface area contributed by atoms with Gasteiger partial charge in [-0.1, -0.05) is 123 Å². The highest BCUT2D eigenvalue weighted by atomic mass is 32.1. The van der Waals surface area contributed by atoms with Crippen molar-refractivity contribution in [2.45, 2.75) is 76.0 Å². The van der Waals surface area contributed by atoms with E-state index in [1.807, 2.05) is 11.3 Å². The Balaban J connectivity index is 1.23. The largest absolute Gasteiger partial charge is 0.309 e. The quantitative estimate of drug-likeness (QED) is 0.172. The van der Waals surface area contributed by atoms with E-state index >= 15 is 0 Å². The molecule has 0 bridgehead atoms. The first-order chi connectivity index (χ1) is 28.3. The Morgan fingerprint density at radius 2 is 1.07 bits per heavy atom. The maximum atomic E-state index is 5.62. The lowest BCUT2D eigenvalue weighted by Crippen LogP contribution is -2.15. The lowest BCUT2D eigenvalue weighted by molar-refractivity contribution is 0.422. The molecule has 0 amide bonds. The Morgan fingerprint density at radius 1 is 0.456 bits per heavy atom. The van der Waals surface area contributed by atoms with Crippen molar-refractivity contribution in [1.29, 1.82) is 0 Å². The maximum Gasteiger partial charge on any atom is 0.138 e. The van der Waals surface area contributed by atoms with Gasteiger partial charge in [0.1, 0.15) is 5.82 Å². The summed E-state index contributed by atoms with van der Waals surface area (Å²) in [4.78, 5) is 5.62. The molecule has 0 radical (unpaired) electrons. The van der Waals surface area contributed by atoms with E-state index in [1.54, 1.807) is 11.1 Å². The maximum absolute atomic E-state index is 5.62. The normalized spacial score (nSPS) is 15.9. The molecule has 0 atom stereocenters. The minimum atomic E-state index is 0.538. The first-order valence-electron chi connectivity index (χ1n) is 21.3. The van der Waals surface area contributed by atoms with Gasteiger partial charge in [-0.25, -0.2) is 4.98 Å². The Kier molecular flexibility index (Phi) is 7.89. The van der Waals surface area contributed by atoms with Gasteiger partial charge < -0.3 is 4.57 Å². The molecule has 4 heterocycles. The van der Waals surface area contributed by atoms with E-state index in [-0.39, 0.29) is 0 Å². The Bertz CT molecular complexity index is 3150. The molecule has 0 spiro atoms. The van der Waals surface area contributed by atoms with Crippen LogP contribution in [0, 0.1) is 0 Å². The van der Waals surface area contributed by atoms with Gasteiger partial charge >= 0.3 is 0 Å². The van der Waals surface area contributed by atoms with Crippen molar-refractivity contribution >= 4 is 75.1 Å². The molecule has 0 unspecified atom stereocenters. The van der Waals surface area contributed by atoms with Crippen LogP contribution in [0.3, 0.4) is 0 Å². The van der Waals surface area contributed by atoms with Crippen LogP contribution < -0.4 is 0 Å². The Morgan fingerprint density at radius 3 is 1.82 bits per heavy atom. The average molecular weight is 756 g/mol. The molecular weight excluding hydrogens is 711 g/mol. The molecule has 2 saturated carbocycles. The van der Waals surface area contributed by atoms with Gasteiger partial charge in [-0.2, -0.15) is 0 Å². The van der Waals surface area contributed by atoms with Crippen molar-refractivity contribution in [3.8, 4) is 22.8 Å². The third kappa shape index (κ3) is 5.19. The van der Waals surface area contributed by atoms with Crippen LogP contribution in [0.15, 0.2) is 140 Å². The van der Waals surface area contributed by atoms with Crippen molar-refractivity contribution in [2.24, 2.45) is 0 Å². The van der Waals surface area contributed by atoms with E-state index in [9.17, 15) is 0 Å². The van der Waals surface area contributed by atoms with Gasteiger partial charge in [-0.3, -0.25) is 4.57 Å². The molecule has 2 aliphatic rings. The molecule has 6 aromatic carbocycles. The van der Waals surface area contributed by atoms with E-state index in [1.165, 1.54) is 134 Å². The Labute approximate surface area is 337 Å². The number of benzene rings is 6. The second kappa shape index (κ2) is 13.5. The molecule has 3 nitrogen and oxygen atoms in total. The Hall–Kier alpha value is -5.71. The molecule has 2 fully saturated rings. The third-order valence-corrected chi connectivity index (χ3v) is 14.6. The van der Waals surface area contributed by atoms with Gasteiger partial charge in [0.2, 0.25) is 0 Å². The summed E-state index contributed by atoms with van der Waals surface area (Å²) in [7, 11) is 0. The predicted molar refractivity (Wildman–Crippen MR) is 243 cm³/mol. The van der Waals surface area contributed by atoms with E-state index in [0.29, 0.717) is 11.8 Å². The fourth-order valence-electron chi connectivity index (χ4n) is 11.0. The molecule has 0 N–H and O–H groups in total. The summed E-state index contributed by atoms with van der Waals surface area (Å²) in [5, 5.41) is 8.16. The van der Waals surface area contributed by atoms with Crippen molar-refractivity contribution in [1.82, 2.24) is 14.1 Å². The highest BCUT2D eigenvalue weighted by Crippen LogP contribution is 2.53. The van der Waals surface area contributed by atoms with Crippen LogP contribution in [0.2, 0.25) is 0 Å². The second-order valence-corrected chi connectivity index (χ2v) is 17.8. The number of thiophene rings is 1. The molecule has 10 aromatic rings. The van der Waals surface area contributed by atoms with Crippen LogP contribution in [0.25, 0.3) is 86.5 Å². The van der Waals surface area contributed by atoms with Crippen LogP contribution in [0.1, 0.15) is 87.2 Å². The highest BCUT2D eigenvalue weighted by Gasteiger charge is 2.34. The van der Waals surface area contributed by atoms with Crippen molar-refractivity contribution in [2.75, 3.05) is 0 Å². The van der Waals surface area contributed by atoms with Crippen molar-refractivity contribution in [3.05, 3.63) is 151 Å². The molecule has 4 heteroatoms. The van der Waals surface area contributed by atoms with Crippen molar-refractivity contribution in [3.63, 3.8) is 0 Å². The molecular formula is C53H45N3S. The fraction of sp³-hybridized carbons (Fsp3) is 0.226. The van der Waals surface area contributed by atoms with Gasteiger partial charge in [-0.15, -0.1) is 11.3 Å². The van der Waals surface area contributed by atoms with E-state index < -0.39 is 0 Å². The molecule has 57 heavy (non-hydrogen) atoms. The number of rotatable bonds is 5. The number of hydrogen-bond donors (Lipinski definition) is 0. The number of hydrogen-bond acceptors (Lipinski definition) is 2. The molecule has 0 aliphatic heterocycles. The summed E-state index contributed by atoms with van der Waals surface area (Å²) in [6.45, 7) is 0. The monoisotopic (exact) mass is 755 g/mol. The van der Waals surface area contributed by atoms with Gasteiger partial charge in [0, 0.05) is 53.0 Å². The topological polar surface area (TPSA) is 22.8 Å². The van der Waals surface area contributed by atoms with Crippen LogP contribution in [0.5, 0.6) is 0 Å². The summed E-state index contributed by atoms with van der Waals surface area (Å²) >= 11 is 1.87. The zero-order valence-electron chi connectivity index (χ0n) is 32.3. The summed E-state index contributed by atoms with van der Waals surface area (Å²) in [6.07, 6.45) is 13.0. The minimum Gasteiger partial charge on any atom is -0.309 e. The molecule has 0 saturated heterocycles. The highest BCUT2D eigenvalue weighted by molar-refractivity contribution is 7.25. The van der Waals surface area contributed by atoms with E-state index in [2.05, 4.69) is 149 Å². The summed E-state index contributed by atoms with van der Waals surface area (Å²) < 4.78 is 7.84. The van der Waals surface area contributed by atoms with Gasteiger partial charge in [0.05, 0.1) is 27.8 Å². The molecule has 2 aliphatic carbocycles. The van der Waals surface area contributed by atoms with Crippen LogP contribution in [-0.2, 0) is 0 Å². The first-order valence-corrected chi connectivity index (χ1v) is 22.1. The summed E-state index contributed by atoms with van der Waals surface area (Å²) in [5.74, 6) is 2.06.